The summed E-state index contributed by atoms with van der Waals surface area (Å²) in [5.74, 6) is -1.24. The Hall–Kier alpha value is -1.67. The summed E-state index contributed by atoms with van der Waals surface area (Å²) < 4.78 is 27.8. The number of carboxylic acid groups (broad SMARTS) is 1. The number of ether oxygens (including phenoxy) is 1. The van der Waals surface area contributed by atoms with E-state index in [9.17, 15) is 13.2 Å². The molecular formula is C9H10N2O5S. The van der Waals surface area contributed by atoms with Crippen LogP contribution in [0.15, 0.2) is 17.2 Å². The molecular weight excluding hydrogens is 248 g/mol. The zero-order chi connectivity index (χ0) is 12.6. The molecule has 0 spiro atoms. The van der Waals surface area contributed by atoms with Crippen LogP contribution in [0.2, 0.25) is 0 Å². The number of aromatic carboxylic acids is 1. The molecule has 0 amide bonds. The summed E-state index contributed by atoms with van der Waals surface area (Å²) in [7, 11) is -4.14. The van der Waals surface area contributed by atoms with Crippen molar-refractivity contribution in [2.75, 3.05) is 0 Å². The van der Waals surface area contributed by atoms with Crippen molar-refractivity contribution in [3.05, 3.63) is 18.0 Å². The smallest absolute Gasteiger partial charge is 0.355 e. The number of nitrogens with two attached hydrogens (primary N) is 1. The molecule has 0 atom stereocenters. The number of pyridine rings is 1. The third kappa shape index (κ3) is 2.71. The highest BCUT2D eigenvalue weighted by molar-refractivity contribution is 7.89. The van der Waals surface area contributed by atoms with Gasteiger partial charge in [0.1, 0.15) is 10.6 Å². The van der Waals surface area contributed by atoms with E-state index < -0.39 is 26.6 Å². The average Bonchev–Trinajstić information content (AvgIpc) is 3.00. The molecule has 1 aromatic heterocycles. The van der Waals surface area contributed by atoms with Gasteiger partial charge in [-0.15, -0.1) is 0 Å². The van der Waals surface area contributed by atoms with Crippen LogP contribution in [0.4, 0.5) is 0 Å². The number of hydrogen-bond acceptors (Lipinski definition) is 5. The fraction of sp³-hybridized carbons (Fsp3) is 0.333. The lowest BCUT2D eigenvalue weighted by molar-refractivity contribution is 0.0685. The first-order valence-electron chi connectivity index (χ1n) is 4.81. The predicted octanol–water partition coefficient (Wildman–Crippen LogP) is -0.0316. The zero-order valence-corrected chi connectivity index (χ0v) is 9.48. The Morgan fingerprint density at radius 2 is 2.18 bits per heavy atom. The molecule has 1 saturated carbocycles. The number of aromatic nitrogens is 1. The largest absolute Gasteiger partial charge is 0.489 e. The Morgan fingerprint density at radius 1 is 1.53 bits per heavy atom. The van der Waals surface area contributed by atoms with Gasteiger partial charge >= 0.3 is 5.97 Å². The second-order valence-electron chi connectivity index (χ2n) is 3.69. The Labute approximate surface area is 97.3 Å². The van der Waals surface area contributed by atoms with E-state index in [2.05, 4.69) is 4.98 Å². The highest BCUT2D eigenvalue weighted by Crippen LogP contribution is 2.28. The Bertz CT molecular complexity index is 565. The van der Waals surface area contributed by atoms with Crippen molar-refractivity contribution in [3.63, 3.8) is 0 Å². The molecule has 1 fully saturated rings. The standard InChI is InChI=1S/C9H10N2O5S/c10-17(14,15)7-3-6(16-5-1-2-5)4-11-8(7)9(12)13/h3-5H,1-2H2,(H,12,13)(H2,10,14,15). The number of carbonyl (C=O) groups is 1. The molecule has 0 aromatic carbocycles. The monoisotopic (exact) mass is 258 g/mol. The fourth-order valence-electron chi connectivity index (χ4n) is 1.25. The van der Waals surface area contributed by atoms with Gasteiger partial charge in [-0.2, -0.15) is 0 Å². The molecule has 1 heterocycles. The molecule has 0 unspecified atom stereocenters. The highest BCUT2D eigenvalue weighted by Gasteiger charge is 2.26. The molecule has 8 heteroatoms. The van der Waals surface area contributed by atoms with E-state index in [4.69, 9.17) is 15.0 Å². The predicted molar refractivity (Wildman–Crippen MR) is 56.2 cm³/mol. The van der Waals surface area contributed by atoms with Crippen molar-refractivity contribution >= 4 is 16.0 Å². The molecule has 3 N–H and O–H groups in total. The lowest BCUT2D eigenvalue weighted by Crippen LogP contribution is -2.18. The molecule has 0 saturated heterocycles. The summed E-state index contributed by atoms with van der Waals surface area (Å²) in [5.41, 5.74) is -0.601. The third-order valence-corrected chi connectivity index (χ3v) is 3.09. The van der Waals surface area contributed by atoms with Gasteiger partial charge in [-0.1, -0.05) is 0 Å². The number of rotatable bonds is 4. The first-order chi connectivity index (χ1) is 7.88. The van der Waals surface area contributed by atoms with Crippen molar-refractivity contribution in [2.24, 2.45) is 5.14 Å². The minimum atomic E-state index is -4.14. The molecule has 2 rings (SSSR count). The van der Waals surface area contributed by atoms with E-state index in [1.165, 1.54) is 6.20 Å². The summed E-state index contributed by atoms with van der Waals surface area (Å²) in [6, 6.07) is 1.09. The number of primary sulfonamides is 1. The van der Waals surface area contributed by atoms with E-state index in [1.54, 1.807) is 0 Å². The Balaban J connectivity index is 2.45. The number of sulfonamides is 1. The maximum atomic E-state index is 11.2. The molecule has 17 heavy (non-hydrogen) atoms. The lowest BCUT2D eigenvalue weighted by atomic mass is 10.3. The normalized spacial score (nSPS) is 15.6. The van der Waals surface area contributed by atoms with E-state index in [1.807, 2.05) is 0 Å². The van der Waals surface area contributed by atoms with Crippen molar-refractivity contribution in [2.45, 2.75) is 23.8 Å². The SMILES string of the molecule is NS(=O)(=O)c1cc(OC2CC2)cnc1C(=O)O. The van der Waals surface area contributed by atoms with Crippen molar-refractivity contribution in [1.82, 2.24) is 4.98 Å². The van der Waals surface area contributed by atoms with Gasteiger partial charge in [-0.25, -0.2) is 23.3 Å². The summed E-state index contributed by atoms with van der Waals surface area (Å²) in [4.78, 5) is 13.8. The molecule has 1 aromatic rings. The topological polar surface area (TPSA) is 120 Å². The van der Waals surface area contributed by atoms with Gasteiger partial charge in [0.2, 0.25) is 10.0 Å². The minimum absolute atomic E-state index is 0.0563. The highest BCUT2D eigenvalue weighted by atomic mass is 32.2. The summed E-state index contributed by atoms with van der Waals surface area (Å²) in [5, 5.41) is 13.7. The van der Waals surface area contributed by atoms with Crippen molar-refractivity contribution in [3.8, 4) is 5.75 Å². The molecule has 0 bridgehead atoms. The van der Waals surface area contributed by atoms with E-state index >= 15 is 0 Å². The second-order valence-corrected chi connectivity index (χ2v) is 5.21. The first kappa shape index (κ1) is 11.8. The van der Waals surface area contributed by atoms with Crippen LogP contribution in [0.1, 0.15) is 23.3 Å². The molecule has 1 aliphatic carbocycles. The third-order valence-electron chi connectivity index (χ3n) is 2.16. The van der Waals surface area contributed by atoms with E-state index in [0.29, 0.717) is 0 Å². The van der Waals surface area contributed by atoms with Gasteiger partial charge in [0.05, 0.1) is 12.3 Å². The maximum absolute atomic E-state index is 11.2. The summed E-state index contributed by atoms with van der Waals surface area (Å²) in [6.07, 6.45) is 3.02. The molecule has 0 aliphatic heterocycles. The minimum Gasteiger partial charge on any atom is -0.489 e. The molecule has 7 nitrogen and oxygen atoms in total. The van der Waals surface area contributed by atoms with Crippen LogP contribution in [-0.4, -0.2) is 30.6 Å². The van der Waals surface area contributed by atoms with Crippen LogP contribution < -0.4 is 9.88 Å². The van der Waals surface area contributed by atoms with Crippen LogP contribution in [-0.2, 0) is 10.0 Å². The van der Waals surface area contributed by atoms with Gasteiger partial charge in [-0.3, -0.25) is 0 Å². The lowest BCUT2D eigenvalue weighted by Gasteiger charge is -2.07. The van der Waals surface area contributed by atoms with E-state index in [0.717, 1.165) is 18.9 Å². The first-order valence-corrected chi connectivity index (χ1v) is 6.35. The van der Waals surface area contributed by atoms with Gasteiger partial charge in [0, 0.05) is 6.07 Å². The van der Waals surface area contributed by atoms with Gasteiger partial charge in [-0.05, 0) is 12.8 Å². The zero-order valence-electron chi connectivity index (χ0n) is 8.66. The quantitative estimate of drug-likeness (QED) is 0.782. The van der Waals surface area contributed by atoms with Crippen LogP contribution in [0, 0.1) is 0 Å². The molecule has 0 radical (unpaired) electrons. The number of nitrogens with zero attached hydrogens (tertiary/aromatic N) is 1. The van der Waals surface area contributed by atoms with Crippen LogP contribution in [0.5, 0.6) is 5.75 Å². The van der Waals surface area contributed by atoms with Crippen molar-refractivity contribution < 1.29 is 23.1 Å². The Kier molecular flexibility index (Phi) is 2.76. The average molecular weight is 258 g/mol. The van der Waals surface area contributed by atoms with Crippen LogP contribution >= 0.6 is 0 Å². The van der Waals surface area contributed by atoms with Gasteiger partial charge in [0.15, 0.2) is 5.69 Å². The number of hydrogen-bond donors (Lipinski definition) is 2. The summed E-state index contributed by atoms with van der Waals surface area (Å²) >= 11 is 0. The van der Waals surface area contributed by atoms with Crippen LogP contribution in [0.25, 0.3) is 0 Å². The van der Waals surface area contributed by atoms with E-state index in [-0.39, 0.29) is 11.9 Å². The summed E-state index contributed by atoms with van der Waals surface area (Å²) in [6.45, 7) is 0. The maximum Gasteiger partial charge on any atom is 0.355 e. The fourth-order valence-corrected chi connectivity index (χ4v) is 1.94. The second kappa shape index (κ2) is 3.97. The Morgan fingerprint density at radius 3 is 2.65 bits per heavy atom. The number of carboxylic acids is 1. The van der Waals surface area contributed by atoms with Crippen LogP contribution in [0.3, 0.4) is 0 Å². The van der Waals surface area contributed by atoms with Gasteiger partial charge in [0.25, 0.3) is 0 Å². The molecule has 92 valence electrons. The molecule has 1 aliphatic rings. The van der Waals surface area contributed by atoms with Gasteiger partial charge < -0.3 is 9.84 Å². The van der Waals surface area contributed by atoms with Crippen molar-refractivity contribution in [1.29, 1.82) is 0 Å².